The lowest BCUT2D eigenvalue weighted by Gasteiger charge is -2.44. The minimum atomic E-state index is -3.19. The second-order valence-electron chi connectivity index (χ2n) is 10.4. The Hall–Kier alpha value is -1.84. The van der Waals surface area contributed by atoms with Crippen LogP contribution in [0.5, 0.6) is 0 Å². The summed E-state index contributed by atoms with van der Waals surface area (Å²) in [6, 6.07) is 21.0. The average molecular weight is 502 g/mol. The Balaban J connectivity index is 2.06. The van der Waals surface area contributed by atoms with Crippen LogP contribution < -0.4 is 15.1 Å². The molecule has 0 saturated carbocycles. The average Bonchev–Trinajstić information content (AvgIpc) is 3.22. The minimum absolute atomic E-state index is 0.153. The van der Waals surface area contributed by atoms with Crippen LogP contribution in [0.25, 0.3) is 0 Å². The van der Waals surface area contributed by atoms with E-state index in [0.29, 0.717) is 5.69 Å². The van der Waals surface area contributed by atoms with E-state index < -0.39 is 23.8 Å². The van der Waals surface area contributed by atoms with Gasteiger partial charge < -0.3 is 4.43 Å². The highest BCUT2D eigenvalue weighted by Crippen LogP contribution is 2.40. The Kier molecular flexibility index (Phi) is 7.36. The summed E-state index contributed by atoms with van der Waals surface area (Å²) in [5, 5.41) is 4.12. The van der Waals surface area contributed by atoms with Crippen molar-refractivity contribution >= 4 is 39.9 Å². The molecule has 2 N–H and O–H groups in total. The molecular formula is C25H35N3O2S2Si. The maximum absolute atomic E-state index is 13.0. The highest BCUT2D eigenvalue weighted by atomic mass is 32.2. The molecule has 3 aromatic rings. The summed E-state index contributed by atoms with van der Waals surface area (Å²) in [5.74, 6) is 0. The van der Waals surface area contributed by atoms with E-state index >= 15 is 0 Å². The molecule has 2 aromatic carbocycles. The molecule has 0 fully saturated rings. The van der Waals surface area contributed by atoms with Gasteiger partial charge in [0.15, 0.2) is 9.92 Å². The van der Waals surface area contributed by atoms with Gasteiger partial charge in [-0.05, 0) is 43.1 Å². The van der Waals surface area contributed by atoms with Crippen molar-refractivity contribution in [1.29, 1.82) is 4.78 Å². The number of aromatic nitrogens is 1. The van der Waals surface area contributed by atoms with E-state index in [0.717, 1.165) is 0 Å². The zero-order valence-corrected chi connectivity index (χ0v) is 23.1. The van der Waals surface area contributed by atoms with Crippen molar-refractivity contribution in [2.45, 2.75) is 69.5 Å². The summed E-state index contributed by atoms with van der Waals surface area (Å²) in [7, 11) is -5.93. The van der Waals surface area contributed by atoms with Gasteiger partial charge in [-0.25, -0.2) is 18.7 Å². The summed E-state index contributed by atoms with van der Waals surface area (Å²) in [6.45, 7) is 14.4. The van der Waals surface area contributed by atoms with Crippen LogP contribution in [0, 0.1) is 4.78 Å². The predicted octanol–water partition coefficient (Wildman–Crippen LogP) is 5.49. The van der Waals surface area contributed by atoms with Crippen LogP contribution in [0.1, 0.15) is 60.3 Å². The van der Waals surface area contributed by atoms with Crippen molar-refractivity contribution in [2.75, 3.05) is 0 Å². The van der Waals surface area contributed by atoms with Gasteiger partial charge in [0, 0.05) is 10.9 Å². The second kappa shape index (κ2) is 9.42. The van der Waals surface area contributed by atoms with Crippen LogP contribution in [0.2, 0.25) is 5.04 Å². The van der Waals surface area contributed by atoms with Crippen molar-refractivity contribution in [3.8, 4) is 0 Å². The molecule has 0 aliphatic carbocycles. The summed E-state index contributed by atoms with van der Waals surface area (Å²) in [4.78, 5) is 4.61. The van der Waals surface area contributed by atoms with E-state index in [4.69, 9.17) is 9.21 Å². The first-order chi connectivity index (χ1) is 15.3. The Morgan fingerprint density at radius 3 is 1.88 bits per heavy atom. The van der Waals surface area contributed by atoms with Crippen molar-refractivity contribution in [2.24, 2.45) is 0 Å². The van der Waals surface area contributed by atoms with Crippen LogP contribution in [0.15, 0.2) is 70.4 Å². The maximum atomic E-state index is 13.0. The lowest BCUT2D eigenvalue weighted by molar-refractivity contribution is 0.206. The van der Waals surface area contributed by atoms with E-state index in [1.165, 1.54) is 21.7 Å². The van der Waals surface area contributed by atoms with Crippen LogP contribution in [0.4, 0.5) is 0 Å². The van der Waals surface area contributed by atoms with Gasteiger partial charge in [-0.1, -0.05) is 81.4 Å². The second-order valence-corrected chi connectivity index (χ2v) is 17.4. The molecule has 0 bridgehead atoms. The van der Waals surface area contributed by atoms with Crippen molar-refractivity contribution in [1.82, 2.24) is 9.71 Å². The van der Waals surface area contributed by atoms with E-state index in [-0.39, 0.29) is 15.5 Å². The molecule has 0 aliphatic rings. The van der Waals surface area contributed by atoms with Crippen LogP contribution in [-0.2, 0) is 14.3 Å². The van der Waals surface area contributed by atoms with Crippen molar-refractivity contribution in [3.05, 3.63) is 71.7 Å². The lowest BCUT2D eigenvalue weighted by atomic mass is 10.1. The number of nitrogens with one attached hydrogen (secondary N) is 2. The third-order valence-electron chi connectivity index (χ3n) is 5.38. The van der Waals surface area contributed by atoms with Gasteiger partial charge in [0.25, 0.3) is 8.32 Å². The first-order valence-corrected chi connectivity index (χ1v) is 15.4. The molecule has 8 heteroatoms. The maximum Gasteiger partial charge on any atom is 0.261 e. The van der Waals surface area contributed by atoms with Crippen LogP contribution in [0.3, 0.4) is 0 Å². The number of hydrogen-bond donors (Lipinski definition) is 2. The first-order valence-electron chi connectivity index (χ1n) is 11.1. The monoisotopic (exact) mass is 501 g/mol. The normalized spacial score (nSPS) is 15.7. The third kappa shape index (κ3) is 5.63. The number of rotatable bonds is 7. The Bertz CT molecular complexity index is 1130. The van der Waals surface area contributed by atoms with Crippen LogP contribution >= 0.6 is 11.3 Å². The first kappa shape index (κ1) is 25.8. The molecule has 1 aromatic heterocycles. The zero-order chi connectivity index (χ0) is 24.5. The molecular weight excluding hydrogens is 467 g/mol. The molecule has 3 rings (SSSR count). The summed E-state index contributed by atoms with van der Waals surface area (Å²) in [6.07, 6.45) is -0.328. The van der Waals surface area contributed by atoms with E-state index in [2.05, 4.69) is 79.0 Å². The van der Waals surface area contributed by atoms with Crippen molar-refractivity contribution in [3.63, 3.8) is 0 Å². The van der Waals surface area contributed by atoms with Gasteiger partial charge in [-0.2, -0.15) is 0 Å². The van der Waals surface area contributed by atoms with Gasteiger partial charge in [0.2, 0.25) is 4.34 Å². The van der Waals surface area contributed by atoms with Gasteiger partial charge in [0.1, 0.15) is 0 Å². The molecule has 0 amide bonds. The fraction of sp³-hybridized carbons (Fsp3) is 0.400. The molecule has 0 aliphatic heterocycles. The highest BCUT2D eigenvalue weighted by Gasteiger charge is 2.51. The van der Waals surface area contributed by atoms with E-state index in [1.807, 2.05) is 45.2 Å². The fourth-order valence-corrected chi connectivity index (χ4v) is 11.4. The molecule has 2 atom stereocenters. The molecule has 178 valence electrons. The summed E-state index contributed by atoms with van der Waals surface area (Å²) < 4.78 is 31.6. The number of nitrogens with zero attached hydrogens (tertiary/aromatic N) is 1. The fourth-order valence-electron chi connectivity index (χ4n) is 4.08. The van der Waals surface area contributed by atoms with Gasteiger partial charge in [-0.3, -0.25) is 0 Å². The number of benzene rings is 2. The van der Waals surface area contributed by atoms with E-state index in [1.54, 1.807) is 0 Å². The van der Waals surface area contributed by atoms with E-state index in [9.17, 15) is 4.21 Å². The molecule has 5 nitrogen and oxygen atoms in total. The summed E-state index contributed by atoms with van der Waals surface area (Å²) >= 11 is 1.25. The largest absolute Gasteiger partial charge is 0.399 e. The quantitative estimate of drug-likeness (QED) is 0.420. The molecule has 0 spiro atoms. The molecule has 2 unspecified atom stereocenters. The Labute approximate surface area is 203 Å². The standard InChI is InChI=1S/C25H35N3O2S2Si/c1-19(22-18-31-23(27-22)32(26,29)28-24(2,3)4)30-33(25(5,6)7,20-14-10-8-11-15-20)21-16-12-9-13-17-21/h8-19H,1-7H3,(H2,26,28,29). The smallest absolute Gasteiger partial charge is 0.261 e. The third-order valence-corrected chi connectivity index (χ3v) is 13.6. The van der Waals surface area contributed by atoms with Gasteiger partial charge in [0.05, 0.1) is 11.8 Å². The molecule has 0 saturated heterocycles. The molecule has 0 radical (unpaired) electrons. The predicted molar refractivity (Wildman–Crippen MR) is 141 cm³/mol. The highest BCUT2D eigenvalue weighted by molar-refractivity contribution is 7.92. The van der Waals surface area contributed by atoms with Crippen LogP contribution in [-0.4, -0.2) is 23.0 Å². The molecule has 33 heavy (non-hydrogen) atoms. The minimum Gasteiger partial charge on any atom is -0.399 e. The lowest BCUT2D eigenvalue weighted by Crippen LogP contribution is -2.66. The van der Waals surface area contributed by atoms with Gasteiger partial charge >= 0.3 is 0 Å². The van der Waals surface area contributed by atoms with Crippen molar-refractivity contribution < 1.29 is 8.63 Å². The zero-order valence-electron chi connectivity index (χ0n) is 20.5. The Morgan fingerprint density at radius 2 is 1.45 bits per heavy atom. The Morgan fingerprint density at radius 1 is 0.970 bits per heavy atom. The summed E-state index contributed by atoms with van der Waals surface area (Å²) in [5.41, 5.74) is 0.250. The van der Waals surface area contributed by atoms with Gasteiger partial charge in [-0.15, -0.1) is 11.3 Å². The number of thiazole rings is 1. The number of hydrogen-bond acceptors (Lipinski definition) is 5. The molecule has 1 heterocycles. The topological polar surface area (TPSA) is 75.1 Å². The SMILES string of the molecule is CC(O[Si](c1ccccc1)(c1ccccc1)C(C)(C)C)c1csc(S(=N)(=O)NC(C)(C)C)n1.